The van der Waals surface area contributed by atoms with Crippen molar-refractivity contribution in [3.8, 4) is 5.75 Å². The van der Waals surface area contributed by atoms with Crippen molar-refractivity contribution in [1.82, 2.24) is 4.72 Å². The maximum atomic E-state index is 12.7. The number of ether oxygens (including phenoxy) is 1. The Morgan fingerprint density at radius 1 is 0.946 bits per heavy atom. The number of benzene rings is 4. The average molecular weight is 518 g/mol. The van der Waals surface area contributed by atoms with E-state index in [4.69, 9.17) is 15.9 Å². The highest BCUT2D eigenvalue weighted by Crippen LogP contribution is 2.24. The molecular weight excluding hydrogens is 490 g/mol. The molecule has 4 rings (SSSR count). The van der Waals surface area contributed by atoms with Crippen LogP contribution in [0.3, 0.4) is 0 Å². The first-order valence-corrected chi connectivity index (χ1v) is 13.0. The Hall–Kier alpha value is -4.21. The normalized spacial score (nSPS) is 12.2. The third-order valence-electron chi connectivity index (χ3n) is 5.91. The van der Waals surface area contributed by atoms with Crippen LogP contribution in [0.4, 0.5) is 0 Å². The Kier molecular flexibility index (Phi) is 7.56. The summed E-state index contributed by atoms with van der Waals surface area (Å²) < 4.78 is 33.6. The molecule has 4 aromatic carbocycles. The second-order valence-corrected chi connectivity index (χ2v) is 10.5. The highest BCUT2D eigenvalue weighted by molar-refractivity contribution is 7.89. The van der Waals surface area contributed by atoms with Crippen LogP contribution in [-0.4, -0.2) is 31.4 Å². The number of amidine groups is 1. The van der Waals surface area contributed by atoms with Gasteiger partial charge in [0.15, 0.2) is 0 Å². The Balaban J connectivity index is 1.45. The van der Waals surface area contributed by atoms with Gasteiger partial charge in [-0.1, -0.05) is 66.2 Å². The standard InChI is InChI=1S/C28H27N3O5S/c1-18-2-12-25(13-3-18)37(34,35)31-26(28(32)33)15-20-6-9-23-16-24(11-10-22(23)14-20)36-17-19-4-7-21(8-5-19)27(29)30/h2-14,16,26,31H,15,17H2,1H3,(H3,29,30)(H,32,33). The lowest BCUT2D eigenvalue weighted by Gasteiger charge is -2.16. The number of carboxylic acid groups (broad SMARTS) is 1. The Morgan fingerprint density at radius 3 is 2.22 bits per heavy atom. The SMILES string of the molecule is Cc1ccc(S(=O)(=O)NC(Cc2ccc3cc(OCc4ccc(C(=N)N)cc4)ccc3c2)C(=O)O)cc1. The first kappa shape index (κ1) is 25.9. The van der Waals surface area contributed by atoms with E-state index < -0.39 is 22.0 Å². The van der Waals surface area contributed by atoms with Gasteiger partial charge in [0.2, 0.25) is 10.0 Å². The molecule has 4 aromatic rings. The number of nitrogens with one attached hydrogen (secondary N) is 2. The molecule has 0 saturated carbocycles. The van der Waals surface area contributed by atoms with Crippen molar-refractivity contribution in [2.45, 2.75) is 30.9 Å². The summed E-state index contributed by atoms with van der Waals surface area (Å²) in [4.78, 5) is 11.9. The zero-order valence-electron chi connectivity index (χ0n) is 20.1. The number of fused-ring (bicyclic) bond motifs is 1. The van der Waals surface area contributed by atoms with Crippen molar-refractivity contribution >= 4 is 32.6 Å². The molecule has 37 heavy (non-hydrogen) atoms. The Bertz CT molecular complexity index is 1550. The summed E-state index contributed by atoms with van der Waals surface area (Å²) in [6.45, 7) is 2.19. The van der Waals surface area contributed by atoms with Gasteiger partial charge in [0, 0.05) is 5.56 Å². The second-order valence-electron chi connectivity index (χ2n) is 8.77. The van der Waals surface area contributed by atoms with E-state index >= 15 is 0 Å². The molecule has 1 atom stereocenters. The quantitative estimate of drug-likeness (QED) is 0.185. The lowest BCUT2D eigenvalue weighted by atomic mass is 10.0. The summed E-state index contributed by atoms with van der Waals surface area (Å²) in [6, 6.07) is 23.2. The van der Waals surface area contributed by atoms with Crippen LogP contribution in [0.5, 0.6) is 5.75 Å². The third-order valence-corrected chi connectivity index (χ3v) is 7.40. The van der Waals surface area contributed by atoms with E-state index in [0.29, 0.717) is 23.5 Å². The molecule has 8 nitrogen and oxygen atoms in total. The number of hydrogen-bond acceptors (Lipinski definition) is 5. The topological polar surface area (TPSA) is 143 Å². The van der Waals surface area contributed by atoms with Crippen LogP contribution >= 0.6 is 0 Å². The molecule has 9 heteroatoms. The molecule has 190 valence electrons. The number of carbonyl (C=O) groups is 1. The molecule has 0 aliphatic heterocycles. The van der Waals surface area contributed by atoms with Gasteiger partial charge in [0.05, 0.1) is 4.90 Å². The molecule has 0 aliphatic carbocycles. The molecule has 0 fully saturated rings. The first-order chi connectivity index (χ1) is 17.6. The van der Waals surface area contributed by atoms with Gasteiger partial charge in [-0.3, -0.25) is 10.2 Å². The lowest BCUT2D eigenvalue weighted by molar-refractivity contribution is -0.138. The molecule has 1 unspecified atom stereocenters. The van der Waals surface area contributed by atoms with Crippen LogP contribution in [0.2, 0.25) is 0 Å². The summed E-state index contributed by atoms with van der Waals surface area (Å²) >= 11 is 0. The molecule has 0 heterocycles. The van der Waals surface area contributed by atoms with Gasteiger partial charge in [-0.05, 0) is 59.5 Å². The molecular formula is C28H27N3O5S. The fraction of sp³-hybridized carbons (Fsp3) is 0.143. The zero-order chi connectivity index (χ0) is 26.6. The maximum Gasteiger partial charge on any atom is 0.322 e. The summed E-state index contributed by atoms with van der Waals surface area (Å²) in [5.41, 5.74) is 8.66. The molecule has 0 radical (unpaired) electrons. The summed E-state index contributed by atoms with van der Waals surface area (Å²) in [5, 5.41) is 18.9. The van der Waals surface area contributed by atoms with Gasteiger partial charge >= 0.3 is 5.97 Å². The van der Waals surface area contributed by atoms with E-state index in [-0.39, 0.29) is 17.2 Å². The molecule has 0 aliphatic rings. The first-order valence-electron chi connectivity index (χ1n) is 11.5. The summed E-state index contributed by atoms with van der Waals surface area (Å²) in [6.07, 6.45) is -0.00905. The van der Waals surface area contributed by atoms with E-state index in [1.54, 1.807) is 30.3 Å². The fourth-order valence-corrected chi connectivity index (χ4v) is 5.01. The van der Waals surface area contributed by atoms with Gasteiger partial charge < -0.3 is 15.6 Å². The van der Waals surface area contributed by atoms with Crippen LogP contribution < -0.4 is 15.2 Å². The van der Waals surface area contributed by atoms with E-state index in [1.165, 1.54) is 12.1 Å². The predicted octanol–water partition coefficient (Wildman–Crippen LogP) is 3.99. The largest absolute Gasteiger partial charge is 0.489 e. The average Bonchev–Trinajstić information content (AvgIpc) is 2.87. The predicted molar refractivity (Wildman–Crippen MR) is 142 cm³/mol. The van der Waals surface area contributed by atoms with E-state index in [1.807, 2.05) is 49.4 Å². The van der Waals surface area contributed by atoms with Crippen molar-refractivity contribution in [2.24, 2.45) is 5.73 Å². The highest BCUT2D eigenvalue weighted by Gasteiger charge is 2.25. The van der Waals surface area contributed by atoms with Crippen LogP contribution in [0.1, 0.15) is 22.3 Å². The Morgan fingerprint density at radius 2 is 1.57 bits per heavy atom. The van der Waals surface area contributed by atoms with Crippen molar-refractivity contribution in [1.29, 1.82) is 5.41 Å². The minimum atomic E-state index is -3.99. The summed E-state index contributed by atoms with van der Waals surface area (Å²) in [7, 11) is -3.99. The fourth-order valence-electron chi connectivity index (χ4n) is 3.83. The van der Waals surface area contributed by atoms with Crippen LogP contribution in [-0.2, 0) is 27.8 Å². The maximum absolute atomic E-state index is 12.7. The Labute approximate surface area is 215 Å². The molecule has 0 bridgehead atoms. The molecule has 5 N–H and O–H groups in total. The van der Waals surface area contributed by atoms with Gasteiger partial charge in [-0.2, -0.15) is 4.72 Å². The molecule has 0 aromatic heterocycles. The number of nitrogen functional groups attached to an aromatic ring is 1. The molecule has 0 amide bonds. The van der Waals surface area contributed by atoms with E-state index in [9.17, 15) is 18.3 Å². The smallest absolute Gasteiger partial charge is 0.322 e. The van der Waals surface area contributed by atoms with Crippen LogP contribution in [0.25, 0.3) is 10.8 Å². The number of aryl methyl sites for hydroxylation is 1. The third kappa shape index (κ3) is 6.52. The monoisotopic (exact) mass is 517 g/mol. The van der Waals surface area contributed by atoms with Crippen LogP contribution in [0.15, 0.2) is 89.8 Å². The number of sulfonamides is 1. The number of carboxylic acids is 1. The van der Waals surface area contributed by atoms with Crippen molar-refractivity contribution in [2.75, 3.05) is 0 Å². The van der Waals surface area contributed by atoms with Gasteiger partial charge in [0.1, 0.15) is 24.2 Å². The van der Waals surface area contributed by atoms with Crippen molar-refractivity contribution in [3.63, 3.8) is 0 Å². The van der Waals surface area contributed by atoms with Crippen molar-refractivity contribution in [3.05, 3.63) is 107 Å². The van der Waals surface area contributed by atoms with E-state index in [2.05, 4.69) is 4.72 Å². The number of rotatable bonds is 10. The van der Waals surface area contributed by atoms with Gasteiger partial charge in [-0.15, -0.1) is 0 Å². The minimum absolute atomic E-state index is 0.00905. The number of hydrogen-bond donors (Lipinski definition) is 4. The van der Waals surface area contributed by atoms with E-state index in [0.717, 1.165) is 21.9 Å². The van der Waals surface area contributed by atoms with Crippen molar-refractivity contribution < 1.29 is 23.1 Å². The van der Waals surface area contributed by atoms with Gasteiger partial charge in [0.25, 0.3) is 0 Å². The number of aliphatic carboxylic acids is 1. The van der Waals surface area contributed by atoms with Crippen LogP contribution in [0, 0.1) is 12.3 Å². The highest BCUT2D eigenvalue weighted by atomic mass is 32.2. The van der Waals surface area contributed by atoms with Gasteiger partial charge in [-0.25, -0.2) is 8.42 Å². The second kappa shape index (κ2) is 10.8. The molecule has 0 spiro atoms. The lowest BCUT2D eigenvalue weighted by Crippen LogP contribution is -2.42. The zero-order valence-corrected chi connectivity index (χ0v) is 21.0. The molecule has 0 saturated heterocycles. The summed E-state index contributed by atoms with van der Waals surface area (Å²) in [5.74, 6) is -0.569. The minimum Gasteiger partial charge on any atom is -0.489 e. The number of nitrogens with two attached hydrogens (primary N) is 1.